The molecule has 1 aromatic carbocycles. The molecule has 0 bridgehead atoms. The average molecular weight is 276 g/mol. The number of sulfonamides is 1. The Bertz CT molecular complexity index is 483. The van der Waals surface area contributed by atoms with Crippen molar-refractivity contribution in [1.29, 1.82) is 0 Å². The first-order valence-electron chi connectivity index (χ1n) is 5.16. The van der Waals surface area contributed by atoms with E-state index in [2.05, 4.69) is 4.72 Å². The van der Waals surface area contributed by atoms with Crippen LogP contribution in [0.25, 0.3) is 0 Å². The minimum Gasteiger partial charge on any atom is -0.399 e. The Morgan fingerprint density at radius 2 is 1.88 bits per heavy atom. The molecule has 1 unspecified atom stereocenters. The Morgan fingerprint density at radius 3 is 2.41 bits per heavy atom. The lowest BCUT2D eigenvalue weighted by molar-refractivity contribution is 0.584. The molecule has 0 heterocycles. The van der Waals surface area contributed by atoms with E-state index < -0.39 is 20.8 Å². The lowest BCUT2D eigenvalue weighted by Gasteiger charge is -2.06. The van der Waals surface area contributed by atoms with Gasteiger partial charge >= 0.3 is 0 Å². The summed E-state index contributed by atoms with van der Waals surface area (Å²) in [5, 5.41) is 0. The van der Waals surface area contributed by atoms with Gasteiger partial charge in [0.15, 0.2) is 0 Å². The van der Waals surface area contributed by atoms with E-state index in [1.54, 1.807) is 6.92 Å². The zero-order chi connectivity index (χ0) is 12.9. The quantitative estimate of drug-likeness (QED) is 0.732. The normalized spacial score (nSPS) is 13.5. The highest BCUT2D eigenvalue weighted by atomic mass is 32.2. The van der Waals surface area contributed by atoms with Crippen LogP contribution in [-0.2, 0) is 20.8 Å². The molecule has 0 aromatic heterocycles. The van der Waals surface area contributed by atoms with Crippen molar-refractivity contribution in [2.45, 2.75) is 11.8 Å². The number of rotatable bonds is 6. The average Bonchev–Trinajstić information content (AvgIpc) is 2.29. The predicted molar refractivity (Wildman–Crippen MR) is 69.6 cm³/mol. The Kier molecular flexibility index (Phi) is 5.10. The van der Waals surface area contributed by atoms with Crippen molar-refractivity contribution in [3.63, 3.8) is 0 Å². The van der Waals surface area contributed by atoms with E-state index in [1.165, 1.54) is 24.3 Å². The SMILES string of the molecule is CCS(=O)CCNS(=O)(=O)c1ccc(N)cc1. The van der Waals surface area contributed by atoms with Gasteiger partial charge in [0, 0.05) is 34.5 Å². The fourth-order valence-electron chi connectivity index (χ4n) is 1.16. The summed E-state index contributed by atoms with van der Waals surface area (Å²) in [6.07, 6.45) is 0. The van der Waals surface area contributed by atoms with E-state index >= 15 is 0 Å². The molecule has 5 nitrogen and oxygen atoms in total. The van der Waals surface area contributed by atoms with Crippen LogP contribution in [0.1, 0.15) is 6.92 Å². The molecular formula is C10H16N2O3S2. The van der Waals surface area contributed by atoms with Crippen LogP contribution < -0.4 is 10.5 Å². The number of anilines is 1. The maximum Gasteiger partial charge on any atom is 0.240 e. The van der Waals surface area contributed by atoms with Crippen molar-refractivity contribution in [2.24, 2.45) is 0 Å². The number of nitrogens with two attached hydrogens (primary N) is 1. The number of nitrogens with one attached hydrogen (secondary N) is 1. The van der Waals surface area contributed by atoms with Crippen molar-refractivity contribution in [1.82, 2.24) is 4.72 Å². The fourth-order valence-corrected chi connectivity index (χ4v) is 2.94. The third-order valence-electron chi connectivity index (χ3n) is 2.13. The second kappa shape index (κ2) is 6.13. The van der Waals surface area contributed by atoms with Gasteiger partial charge in [-0.1, -0.05) is 6.92 Å². The molecule has 1 atom stereocenters. The Labute approximate surface area is 104 Å². The summed E-state index contributed by atoms with van der Waals surface area (Å²) in [6, 6.07) is 5.93. The topological polar surface area (TPSA) is 89.3 Å². The van der Waals surface area contributed by atoms with Gasteiger partial charge in [0.2, 0.25) is 10.0 Å². The highest BCUT2D eigenvalue weighted by Gasteiger charge is 2.13. The van der Waals surface area contributed by atoms with E-state index in [9.17, 15) is 12.6 Å². The molecule has 0 amide bonds. The molecule has 1 aromatic rings. The number of benzene rings is 1. The summed E-state index contributed by atoms with van der Waals surface area (Å²) in [6.45, 7) is 1.97. The standard InChI is InChI=1S/C10H16N2O3S2/c1-2-16(13)8-7-12-17(14,15)10-5-3-9(11)4-6-10/h3-6,12H,2,7-8,11H2,1H3. The third kappa shape index (κ3) is 4.45. The van der Waals surface area contributed by atoms with Gasteiger partial charge in [-0.25, -0.2) is 13.1 Å². The molecule has 0 saturated heterocycles. The molecule has 96 valence electrons. The van der Waals surface area contributed by atoms with Gasteiger partial charge in [-0.3, -0.25) is 4.21 Å². The first-order valence-corrected chi connectivity index (χ1v) is 8.13. The second-order valence-electron chi connectivity index (χ2n) is 3.40. The smallest absolute Gasteiger partial charge is 0.240 e. The van der Waals surface area contributed by atoms with Gasteiger partial charge < -0.3 is 5.73 Å². The van der Waals surface area contributed by atoms with E-state index in [0.29, 0.717) is 17.2 Å². The summed E-state index contributed by atoms with van der Waals surface area (Å²) in [5.74, 6) is 0.855. The van der Waals surface area contributed by atoms with Gasteiger partial charge in [-0.05, 0) is 24.3 Å². The van der Waals surface area contributed by atoms with Crippen LogP contribution in [-0.4, -0.2) is 30.7 Å². The lowest BCUT2D eigenvalue weighted by Crippen LogP contribution is -2.28. The van der Waals surface area contributed by atoms with Gasteiger partial charge in [-0.2, -0.15) is 0 Å². The molecule has 17 heavy (non-hydrogen) atoms. The Morgan fingerprint density at radius 1 is 1.29 bits per heavy atom. The summed E-state index contributed by atoms with van der Waals surface area (Å²) >= 11 is 0. The molecule has 1 rings (SSSR count). The van der Waals surface area contributed by atoms with Crippen LogP contribution in [0.2, 0.25) is 0 Å². The third-order valence-corrected chi connectivity index (χ3v) is 4.91. The maximum absolute atomic E-state index is 11.8. The summed E-state index contributed by atoms with van der Waals surface area (Å²) in [5.41, 5.74) is 5.98. The number of hydrogen-bond donors (Lipinski definition) is 2. The molecule has 0 fully saturated rings. The van der Waals surface area contributed by atoms with E-state index in [0.717, 1.165) is 0 Å². The minimum atomic E-state index is -3.52. The zero-order valence-electron chi connectivity index (χ0n) is 9.55. The molecular weight excluding hydrogens is 260 g/mol. The van der Waals surface area contributed by atoms with E-state index in [1.807, 2.05) is 0 Å². The maximum atomic E-state index is 11.8. The van der Waals surface area contributed by atoms with Crippen LogP contribution in [0.3, 0.4) is 0 Å². The molecule has 0 aliphatic heterocycles. The molecule has 7 heteroatoms. The Balaban J connectivity index is 2.63. The predicted octanol–water partition coefficient (Wildman–Crippen LogP) is 0.316. The van der Waals surface area contributed by atoms with Crippen molar-refractivity contribution >= 4 is 26.5 Å². The zero-order valence-corrected chi connectivity index (χ0v) is 11.2. The molecule has 0 aliphatic carbocycles. The largest absolute Gasteiger partial charge is 0.399 e. The number of nitrogen functional groups attached to an aromatic ring is 1. The van der Waals surface area contributed by atoms with Crippen LogP contribution in [0.15, 0.2) is 29.2 Å². The molecule has 0 aliphatic rings. The highest BCUT2D eigenvalue weighted by Crippen LogP contribution is 2.10. The first-order chi connectivity index (χ1) is 7.95. The summed E-state index contributed by atoms with van der Waals surface area (Å²) in [7, 11) is -4.49. The highest BCUT2D eigenvalue weighted by molar-refractivity contribution is 7.89. The lowest BCUT2D eigenvalue weighted by atomic mass is 10.3. The van der Waals surface area contributed by atoms with Gasteiger partial charge in [0.1, 0.15) is 0 Å². The van der Waals surface area contributed by atoms with Crippen molar-refractivity contribution in [2.75, 3.05) is 23.8 Å². The van der Waals surface area contributed by atoms with Gasteiger partial charge in [0.25, 0.3) is 0 Å². The monoisotopic (exact) mass is 276 g/mol. The van der Waals surface area contributed by atoms with E-state index in [-0.39, 0.29) is 11.4 Å². The van der Waals surface area contributed by atoms with Gasteiger partial charge in [-0.15, -0.1) is 0 Å². The van der Waals surface area contributed by atoms with Crippen molar-refractivity contribution < 1.29 is 12.6 Å². The van der Waals surface area contributed by atoms with E-state index in [4.69, 9.17) is 5.73 Å². The van der Waals surface area contributed by atoms with Gasteiger partial charge in [0.05, 0.1) is 4.90 Å². The fraction of sp³-hybridized carbons (Fsp3) is 0.400. The molecule has 3 N–H and O–H groups in total. The van der Waals surface area contributed by atoms with Crippen LogP contribution >= 0.6 is 0 Å². The molecule has 0 spiro atoms. The summed E-state index contributed by atoms with van der Waals surface area (Å²) in [4.78, 5) is 0.161. The molecule has 0 radical (unpaired) electrons. The summed E-state index contributed by atoms with van der Waals surface area (Å²) < 4.78 is 37.1. The second-order valence-corrected chi connectivity index (χ2v) is 7.03. The first kappa shape index (κ1) is 14.1. The van der Waals surface area contributed by atoms with Crippen LogP contribution in [0.5, 0.6) is 0 Å². The molecule has 0 saturated carbocycles. The Hall–Kier alpha value is -0.920. The number of hydrogen-bond acceptors (Lipinski definition) is 4. The van der Waals surface area contributed by atoms with Crippen LogP contribution in [0, 0.1) is 0 Å². The van der Waals surface area contributed by atoms with Crippen LogP contribution in [0.4, 0.5) is 5.69 Å². The van der Waals surface area contributed by atoms with Crippen molar-refractivity contribution in [3.8, 4) is 0 Å². The van der Waals surface area contributed by atoms with Crippen molar-refractivity contribution in [3.05, 3.63) is 24.3 Å². The minimum absolute atomic E-state index is 0.161.